The van der Waals surface area contributed by atoms with Crippen LogP contribution in [-0.2, 0) is 0 Å². The van der Waals surface area contributed by atoms with Crippen molar-refractivity contribution < 1.29 is 9.90 Å². The van der Waals surface area contributed by atoms with Crippen molar-refractivity contribution in [2.75, 3.05) is 6.54 Å². The molecule has 0 heterocycles. The smallest absolute Gasteiger partial charge is 0.255 e. The monoisotopic (exact) mass is 311 g/mol. The second-order valence-corrected chi connectivity index (χ2v) is 5.96. The lowest BCUT2D eigenvalue weighted by atomic mass is 9.98. The van der Waals surface area contributed by atoms with E-state index < -0.39 is 0 Å². The molecule has 98 valence electrons. The van der Waals surface area contributed by atoms with Gasteiger partial charge in [0.1, 0.15) is 5.75 Å². The fraction of sp³-hybridized carbons (Fsp3) is 0.500. The van der Waals surface area contributed by atoms with Gasteiger partial charge in [-0.2, -0.15) is 0 Å². The van der Waals surface area contributed by atoms with Crippen molar-refractivity contribution in [3.05, 3.63) is 28.2 Å². The molecule has 0 saturated heterocycles. The van der Waals surface area contributed by atoms with Gasteiger partial charge in [0.2, 0.25) is 0 Å². The molecule has 1 aromatic rings. The third-order valence-corrected chi connectivity index (χ3v) is 4.26. The van der Waals surface area contributed by atoms with E-state index in [-0.39, 0.29) is 11.7 Å². The number of carbonyl (C=O) groups excluding carboxylic acids is 1. The van der Waals surface area contributed by atoms with E-state index in [0.29, 0.717) is 23.9 Å². The van der Waals surface area contributed by atoms with Crippen molar-refractivity contribution in [3.63, 3.8) is 0 Å². The van der Waals surface area contributed by atoms with E-state index >= 15 is 0 Å². The van der Waals surface area contributed by atoms with Gasteiger partial charge >= 0.3 is 0 Å². The van der Waals surface area contributed by atoms with Crippen LogP contribution in [0.25, 0.3) is 0 Å². The standard InChI is InChI=1S/C14H18BrNO2/c1-9-3-2-4-10(9)8-16-14(18)12-6-5-11(15)7-13(12)17/h5-7,9-10,17H,2-4,8H2,1H3,(H,16,18). The molecule has 1 aromatic carbocycles. The normalized spacial score (nSPS) is 23.0. The number of amides is 1. The zero-order chi connectivity index (χ0) is 13.1. The Balaban J connectivity index is 1.95. The number of phenolic OH excluding ortho intramolecular Hbond substituents is 1. The minimum atomic E-state index is -0.195. The molecule has 0 aliphatic heterocycles. The summed E-state index contributed by atoms with van der Waals surface area (Å²) in [4.78, 5) is 12.0. The number of nitrogens with one attached hydrogen (secondary N) is 1. The molecule has 0 spiro atoms. The average Bonchev–Trinajstić information content (AvgIpc) is 2.72. The molecule has 4 heteroatoms. The van der Waals surface area contributed by atoms with Crippen molar-refractivity contribution in [2.45, 2.75) is 26.2 Å². The summed E-state index contributed by atoms with van der Waals surface area (Å²) in [5.74, 6) is 1.08. The van der Waals surface area contributed by atoms with Crippen LogP contribution in [0.3, 0.4) is 0 Å². The van der Waals surface area contributed by atoms with Crippen LogP contribution in [-0.4, -0.2) is 17.6 Å². The van der Waals surface area contributed by atoms with Crippen LogP contribution in [0, 0.1) is 11.8 Å². The van der Waals surface area contributed by atoms with Crippen LogP contribution in [0.15, 0.2) is 22.7 Å². The van der Waals surface area contributed by atoms with Crippen molar-refractivity contribution in [3.8, 4) is 5.75 Å². The predicted octanol–water partition coefficient (Wildman–Crippen LogP) is 3.32. The minimum absolute atomic E-state index is 0.0151. The van der Waals surface area contributed by atoms with Crippen LogP contribution in [0.2, 0.25) is 0 Å². The largest absolute Gasteiger partial charge is 0.507 e. The number of phenols is 1. The quantitative estimate of drug-likeness (QED) is 0.899. The van der Waals surface area contributed by atoms with Gasteiger partial charge in [0.15, 0.2) is 0 Å². The molecule has 0 radical (unpaired) electrons. The summed E-state index contributed by atoms with van der Waals surface area (Å²) < 4.78 is 0.765. The molecule has 1 fully saturated rings. The fourth-order valence-corrected chi connectivity index (χ4v) is 2.89. The van der Waals surface area contributed by atoms with E-state index in [1.165, 1.54) is 25.3 Å². The van der Waals surface area contributed by atoms with Gasteiger partial charge in [-0.25, -0.2) is 0 Å². The Hall–Kier alpha value is -1.03. The van der Waals surface area contributed by atoms with Gasteiger partial charge in [-0.3, -0.25) is 4.79 Å². The van der Waals surface area contributed by atoms with E-state index in [0.717, 1.165) is 4.47 Å². The van der Waals surface area contributed by atoms with Crippen LogP contribution in [0.5, 0.6) is 5.75 Å². The zero-order valence-corrected chi connectivity index (χ0v) is 12.0. The maximum atomic E-state index is 12.0. The van der Waals surface area contributed by atoms with E-state index in [4.69, 9.17) is 0 Å². The Kier molecular flexibility index (Phi) is 4.27. The summed E-state index contributed by atoms with van der Waals surface area (Å²) in [7, 11) is 0. The minimum Gasteiger partial charge on any atom is -0.507 e. The maximum Gasteiger partial charge on any atom is 0.255 e. The predicted molar refractivity (Wildman–Crippen MR) is 74.6 cm³/mol. The molecule has 1 aliphatic rings. The van der Waals surface area contributed by atoms with Gasteiger partial charge in [-0.15, -0.1) is 0 Å². The Bertz CT molecular complexity index is 447. The molecular formula is C14H18BrNO2. The maximum absolute atomic E-state index is 12.0. The lowest BCUT2D eigenvalue weighted by Gasteiger charge is -2.16. The molecule has 0 bridgehead atoms. The SMILES string of the molecule is CC1CCCC1CNC(=O)c1ccc(Br)cc1O. The van der Waals surface area contributed by atoms with Crippen LogP contribution >= 0.6 is 15.9 Å². The van der Waals surface area contributed by atoms with Crippen molar-refractivity contribution in [2.24, 2.45) is 11.8 Å². The molecule has 2 N–H and O–H groups in total. The number of hydrogen-bond donors (Lipinski definition) is 2. The fourth-order valence-electron chi connectivity index (χ4n) is 2.54. The van der Waals surface area contributed by atoms with Gasteiger partial charge in [0.25, 0.3) is 5.91 Å². The van der Waals surface area contributed by atoms with Crippen LogP contribution < -0.4 is 5.32 Å². The molecule has 2 rings (SSSR count). The first-order valence-electron chi connectivity index (χ1n) is 6.34. The molecule has 1 aliphatic carbocycles. The number of hydrogen-bond acceptors (Lipinski definition) is 2. The summed E-state index contributed by atoms with van der Waals surface area (Å²) in [6.45, 7) is 2.94. The van der Waals surface area contributed by atoms with Crippen LogP contribution in [0.1, 0.15) is 36.5 Å². The molecule has 2 atom stereocenters. The van der Waals surface area contributed by atoms with Gasteiger partial charge in [0.05, 0.1) is 5.56 Å². The highest BCUT2D eigenvalue weighted by molar-refractivity contribution is 9.10. The lowest BCUT2D eigenvalue weighted by molar-refractivity contribution is 0.0942. The van der Waals surface area contributed by atoms with Crippen molar-refractivity contribution in [1.82, 2.24) is 5.32 Å². The Morgan fingerprint density at radius 3 is 2.89 bits per heavy atom. The Morgan fingerprint density at radius 2 is 2.28 bits per heavy atom. The molecular weight excluding hydrogens is 294 g/mol. The highest BCUT2D eigenvalue weighted by Gasteiger charge is 2.24. The average molecular weight is 312 g/mol. The number of rotatable bonds is 3. The summed E-state index contributed by atoms with van der Waals surface area (Å²) in [6, 6.07) is 4.92. The highest BCUT2D eigenvalue weighted by Crippen LogP contribution is 2.30. The summed E-state index contributed by atoms with van der Waals surface area (Å²) in [6.07, 6.45) is 3.70. The molecule has 0 aromatic heterocycles. The first-order chi connectivity index (χ1) is 8.58. The van der Waals surface area contributed by atoms with E-state index in [1.807, 2.05) is 0 Å². The number of halogens is 1. The Labute approximate surface area is 116 Å². The van der Waals surface area contributed by atoms with Gasteiger partial charge < -0.3 is 10.4 Å². The third kappa shape index (κ3) is 3.05. The topological polar surface area (TPSA) is 49.3 Å². The summed E-state index contributed by atoms with van der Waals surface area (Å²) >= 11 is 3.25. The van der Waals surface area contributed by atoms with Crippen molar-refractivity contribution in [1.29, 1.82) is 0 Å². The Morgan fingerprint density at radius 1 is 1.50 bits per heavy atom. The molecule has 18 heavy (non-hydrogen) atoms. The number of carbonyl (C=O) groups is 1. The number of aromatic hydroxyl groups is 1. The second-order valence-electron chi connectivity index (χ2n) is 5.04. The summed E-state index contributed by atoms with van der Waals surface area (Å²) in [5.41, 5.74) is 0.337. The van der Waals surface area contributed by atoms with Gasteiger partial charge in [-0.1, -0.05) is 35.7 Å². The molecule has 3 nitrogen and oxygen atoms in total. The zero-order valence-electron chi connectivity index (χ0n) is 10.4. The molecule has 2 unspecified atom stereocenters. The van der Waals surface area contributed by atoms with Gasteiger partial charge in [-0.05, 0) is 36.5 Å². The third-order valence-electron chi connectivity index (χ3n) is 3.77. The van der Waals surface area contributed by atoms with Crippen LogP contribution in [0.4, 0.5) is 0 Å². The molecule has 1 amide bonds. The highest BCUT2D eigenvalue weighted by atomic mass is 79.9. The molecule has 1 saturated carbocycles. The lowest BCUT2D eigenvalue weighted by Crippen LogP contribution is -2.30. The van der Waals surface area contributed by atoms with Gasteiger partial charge in [0, 0.05) is 11.0 Å². The second kappa shape index (κ2) is 5.74. The first kappa shape index (κ1) is 13.4. The van der Waals surface area contributed by atoms with Crippen molar-refractivity contribution >= 4 is 21.8 Å². The van der Waals surface area contributed by atoms with E-state index in [1.54, 1.807) is 12.1 Å². The summed E-state index contributed by atoms with van der Waals surface area (Å²) in [5, 5.41) is 12.6. The van der Waals surface area contributed by atoms with E-state index in [9.17, 15) is 9.90 Å². The van der Waals surface area contributed by atoms with E-state index in [2.05, 4.69) is 28.2 Å². The first-order valence-corrected chi connectivity index (χ1v) is 7.14. The number of benzene rings is 1.